The van der Waals surface area contributed by atoms with Crippen LogP contribution < -0.4 is 4.90 Å². The lowest BCUT2D eigenvalue weighted by molar-refractivity contribution is 0.403. The molecule has 0 fully saturated rings. The first-order chi connectivity index (χ1) is 12.2. The average molecular weight is 344 g/mol. The standard InChI is InChI=1S/C24H41N/c1-6-11-13-22(9-4)19-25(20-23(10-5)14-12-7-2)24-17-15-21(8-3)16-18-24/h8,15-18,22-23H,3,6-7,9-14,19-20H2,1-2,4-5H3. The molecule has 2 unspecified atom stereocenters. The Balaban J connectivity index is 2.88. The zero-order valence-electron chi connectivity index (χ0n) is 17.3. The van der Waals surface area contributed by atoms with Gasteiger partial charge in [0.2, 0.25) is 0 Å². The Labute approximate surface area is 157 Å². The summed E-state index contributed by atoms with van der Waals surface area (Å²) in [5, 5.41) is 0. The van der Waals surface area contributed by atoms with Gasteiger partial charge in [-0.2, -0.15) is 0 Å². The van der Waals surface area contributed by atoms with Crippen molar-refractivity contribution in [1.29, 1.82) is 0 Å². The second-order valence-corrected chi connectivity index (χ2v) is 7.53. The summed E-state index contributed by atoms with van der Waals surface area (Å²) in [4.78, 5) is 2.67. The van der Waals surface area contributed by atoms with Crippen LogP contribution in [0.1, 0.15) is 84.6 Å². The lowest BCUT2D eigenvalue weighted by atomic mass is 9.95. The third kappa shape index (κ3) is 8.12. The minimum absolute atomic E-state index is 0.808. The third-order valence-electron chi connectivity index (χ3n) is 5.54. The summed E-state index contributed by atoms with van der Waals surface area (Å²) < 4.78 is 0. The van der Waals surface area contributed by atoms with Crippen LogP contribution in [0.2, 0.25) is 0 Å². The summed E-state index contributed by atoms with van der Waals surface area (Å²) in [5.74, 6) is 1.62. The summed E-state index contributed by atoms with van der Waals surface area (Å²) >= 11 is 0. The van der Waals surface area contributed by atoms with Crippen LogP contribution in [0.5, 0.6) is 0 Å². The van der Waals surface area contributed by atoms with Gasteiger partial charge in [0, 0.05) is 18.8 Å². The third-order valence-corrected chi connectivity index (χ3v) is 5.54. The number of anilines is 1. The molecule has 0 bridgehead atoms. The zero-order valence-corrected chi connectivity index (χ0v) is 17.3. The van der Waals surface area contributed by atoms with E-state index in [9.17, 15) is 0 Å². The molecule has 0 saturated carbocycles. The van der Waals surface area contributed by atoms with E-state index in [1.807, 2.05) is 6.08 Å². The van der Waals surface area contributed by atoms with Gasteiger partial charge in [-0.3, -0.25) is 0 Å². The summed E-state index contributed by atoms with van der Waals surface area (Å²) in [6.45, 7) is 15.6. The van der Waals surface area contributed by atoms with E-state index in [0.717, 1.165) is 11.8 Å². The molecule has 1 aromatic carbocycles. The molecular weight excluding hydrogens is 302 g/mol. The molecule has 0 radical (unpaired) electrons. The lowest BCUT2D eigenvalue weighted by Crippen LogP contribution is -2.34. The molecule has 1 nitrogen and oxygen atoms in total. The normalized spacial score (nSPS) is 13.4. The van der Waals surface area contributed by atoms with Crippen molar-refractivity contribution >= 4 is 11.8 Å². The van der Waals surface area contributed by atoms with Gasteiger partial charge in [0.25, 0.3) is 0 Å². The highest BCUT2D eigenvalue weighted by molar-refractivity contribution is 5.55. The smallest absolute Gasteiger partial charge is 0.0366 e. The Hall–Kier alpha value is -1.24. The van der Waals surface area contributed by atoms with Gasteiger partial charge in [0.1, 0.15) is 0 Å². The molecule has 25 heavy (non-hydrogen) atoms. The Morgan fingerprint density at radius 1 is 0.840 bits per heavy atom. The fourth-order valence-electron chi connectivity index (χ4n) is 3.56. The van der Waals surface area contributed by atoms with E-state index in [0.29, 0.717) is 0 Å². The van der Waals surface area contributed by atoms with Crippen LogP contribution in [0, 0.1) is 11.8 Å². The minimum atomic E-state index is 0.808. The molecule has 0 heterocycles. The largest absolute Gasteiger partial charge is 0.371 e. The van der Waals surface area contributed by atoms with E-state index in [1.165, 1.54) is 75.7 Å². The maximum Gasteiger partial charge on any atom is 0.0366 e. The molecule has 0 amide bonds. The molecule has 0 aliphatic heterocycles. The van der Waals surface area contributed by atoms with Crippen molar-refractivity contribution in [1.82, 2.24) is 0 Å². The lowest BCUT2D eigenvalue weighted by Gasteiger charge is -2.32. The second kappa shape index (κ2) is 13.0. The molecule has 0 aliphatic carbocycles. The number of rotatable bonds is 14. The first kappa shape index (κ1) is 21.8. The SMILES string of the molecule is C=Cc1ccc(N(CC(CC)CCCC)CC(CC)CCCC)cc1. The molecule has 0 spiro atoms. The fraction of sp³-hybridized carbons (Fsp3) is 0.667. The number of hydrogen-bond acceptors (Lipinski definition) is 1. The predicted octanol–water partition coefficient (Wildman–Crippen LogP) is 7.57. The number of hydrogen-bond donors (Lipinski definition) is 0. The van der Waals surface area contributed by atoms with Crippen LogP contribution in [-0.4, -0.2) is 13.1 Å². The predicted molar refractivity (Wildman–Crippen MR) is 115 cm³/mol. The van der Waals surface area contributed by atoms with Crippen molar-refractivity contribution in [3.8, 4) is 0 Å². The van der Waals surface area contributed by atoms with Crippen molar-refractivity contribution in [3.63, 3.8) is 0 Å². The molecule has 0 saturated heterocycles. The van der Waals surface area contributed by atoms with Gasteiger partial charge < -0.3 is 4.90 Å². The molecule has 0 N–H and O–H groups in total. The van der Waals surface area contributed by atoms with E-state index in [2.05, 4.69) is 63.4 Å². The fourth-order valence-corrected chi connectivity index (χ4v) is 3.56. The Bertz CT molecular complexity index is 430. The summed E-state index contributed by atoms with van der Waals surface area (Å²) in [6.07, 6.45) is 12.5. The van der Waals surface area contributed by atoms with Crippen molar-refractivity contribution in [2.45, 2.75) is 79.1 Å². The molecule has 142 valence electrons. The van der Waals surface area contributed by atoms with E-state index in [4.69, 9.17) is 0 Å². The monoisotopic (exact) mass is 343 g/mol. The van der Waals surface area contributed by atoms with Gasteiger partial charge in [0.05, 0.1) is 0 Å². The van der Waals surface area contributed by atoms with Gasteiger partial charge in [-0.05, 0) is 42.4 Å². The van der Waals surface area contributed by atoms with Crippen molar-refractivity contribution in [3.05, 3.63) is 36.4 Å². The number of unbranched alkanes of at least 4 members (excludes halogenated alkanes) is 2. The Morgan fingerprint density at radius 3 is 1.68 bits per heavy atom. The second-order valence-electron chi connectivity index (χ2n) is 7.53. The van der Waals surface area contributed by atoms with E-state index < -0.39 is 0 Å². The topological polar surface area (TPSA) is 3.24 Å². The van der Waals surface area contributed by atoms with Crippen LogP contribution in [-0.2, 0) is 0 Å². The molecule has 0 aliphatic rings. The van der Waals surface area contributed by atoms with Crippen molar-refractivity contribution in [2.75, 3.05) is 18.0 Å². The van der Waals surface area contributed by atoms with Gasteiger partial charge in [-0.25, -0.2) is 0 Å². The van der Waals surface area contributed by atoms with Gasteiger partial charge >= 0.3 is 0 Å². The first-order valence-corrected chi connectivity index (χ1v) is 10.7. The highest BCUT2D eigenvalue weighted by Gasteiger charge is 2.17. The van der Waals surface area contributed by atoms with Crippen LogP contribution in [0.4, 0.5) is 5.69 Å². The van der Waals surface area contributed by atoms with Gasteiger partial charge in [-0.15, -0.1) is 0 Å². The van der Waals surface area contributed by atoms with Gasteiger partial charge in [0.15, 0.2) is 0 Å². The molecule has 0 aromatic heterocycles. The zero-order chi connectivity index (χ0) is 18.5. The van der Waals surface area contributed by atoms with Crippen LogP contribution in [0.3, 0.4) is 0 Å². The minimum Gasteiger partial charge on any atom is -0.371 e. The van der Waals surface area contributed by atoms with Gasteiger partial charge in [-0.1, -0.05) is 91.0 Å². The maximum atomic E-state index is 3.88. The van der Waals surface area contributed by atoms with E-state index in [1.54, 1.807) is 0 Å². The molecular formula is C24H41N. The van der Waals surface area contributed by atoms with E-state index in [-0.39, 0.29) is 0 Å². The van der Waals surface area contributed by atoms with Crippen LogP contribution >= 0.6 is 0 Å². The molecule has 2 atom stereocenters. The summed E-state index contributed by atoms with van der Waals surface area (Å²) in [5.41, 5.74) is 2.59. The van der Waals surface area contributed by atoms with Crippen molar-refractivity contribution < 1.29 is 0 Å². The van der Waals surface area contributed by atoms with Crippen molar-refractivity contribution in [2.24, 2.45) is 11.8 Å². The first-order valence-electron chi connectivity index (χ1n) is 10.7. The molecule has 1 rings (SSSR count). The molecule has 1 aromatic rings. The Kier molecular flexibility index (Phi) is 11.4. The highest BCUT2D eigenvalue weighted by Crippen LogP contribution is 2.24. The maximum absolute atomic E-state index is 3.88. The molecule has 1 heteroatoms. The average Bonchev–Trinajstić information content (AvgIpc) is 2.67. The van der Waals surface area contributed by atoms with E-state index >= 15 is 0 Å². The van der Waals surface area contributed by atoms with Crippen LogP contribution in [0.25, 0.3) is 6.08 Å². The summed E-state index contributed by atoms with van der Waals surface area (Å²) in [6, 6.07) is 8.98. The quantitative estimate of drug-likeness (QED) is 0.336. The highest BCUT2D eigenvalue weighted by atomic mass is 15.1. The summed E-state index contributed by atoms with van der Waals surface area (Å²) in [7, 11) is 0. The van der Waals surface area contributed by atoms with Crippen LogP contribution in [0.15, 0.2) is 30.8 Å². The Morgan fingerprint density at radius 2 is 1.32 bits per heavy atom. The number of benzene rings is 1. The number of nitrogens with zero attached hydrogens (tertiary/aromatic N) is 1.